The highest BCUT2D eigenvalue weighted by Gasteiger charge is 2.22. The van der Waals surface area contributed by atoms with E-state index in [0.29, 0.717) is 31.4 Å². The zero-order valence-corrected chi connectivity index (χ0v) is 15.4. The van der Waals surface area contributed by atoms with Crippen molar-refractivity contribution in [2.24, 2.45) is 5.92 Å². The third-order valence-electron chi connectivity index (χ3n) is 4.30. The second kappa shape index (κ2) is 8.56. The Morgan fingerprint density at radius 1 is 1.12 bits per heavy atom. The minimum absolute atomic E-state index is 0.0834. The number of carbonyl (C=O) groups excluding carboxylic acids is 1. The second-order valence-corrected chi connectivity index (χ2v) is 6.81. The van der Waals surface area contributed by atoms with Gasteiger partial charge in [0.1, 0.15) is 5.75 Å². The molecule has 6 heteroatoms. The molecule has 138 valence electrons. The normalized spacial score (nSPS) is 14.4. The van der Waals surface area contributed by atoms with Crippen molar-refractivity contribution in [2.75, 3.05) is 43.0 Å². The Balaban J connectivity index is 1.56. The first-order valence-electron chi connectivity index (χ1n) is 9.06. The topological polar surface area (TPSA) is 57.7 Å². The fourth-order valence-corrected chi connectivity index (χ4v) is 2.87. The van der Waals surface area contributed by atoms with Crippen LogP contribution < -0.4 is 15.0 Å². The summed E-state index contributed by atoms with van der Waals surface area (Å²) in [5.41, 5.74) is 1.86. The molecule has 1 aromatic heterocycles. The Morgan fingerprint density at radius 2 is 1.81 bits per heavy atom. The lowest BCUT2D eigenvalue weighted by Crippen LogP contribution is -2.50. The standard InChI is InChI=1S/C20H26N4O2/c1-16(2)15-26-19-6-4-3-5-18(19)22-20(25)24-13-11-23(12-14-24)17-7-9-21-10-8-17/h3-10,16H,11-15H2,1-2H3,(H,22,25). The lowest BCUT2D eigenvalue weighted by molar-refractivity contribution is 0.208. The fourth-order valence-electron chi connectivity index (χ4n) is 2.87. The molecule has 1 fully saturated rings. The van der Waals surface area contributed by atoms with Crippen LogP contribution in [-0.2, 0) is 0 Å². The van der Waals surface area contributed by atoms with Crippen molar-refractivity contribution in [3.8, 4) is 5.75 Å². The summed E-state index contributed by atoms with van der Waals surface area (Å²) in [6, 6.07) is 11.5. The summed E-state index contributed by atoms with van der Waals surface area (Å²) in [5, 5.41) is 2.99. The van der Waals surface area contributed by atoms with Gasteiger partial charge in [0.05, 0.1) is 12.3 Å². The van der Waals surface area contributed by atoms with Gasteiger partial charge in [-0.1, -0.05) is 26.0 Å². The number of amides is 2. The summed E-state index contributed by atoms with van der Waals surface area (Å²) in [7, 11) is 0. The zero-order chi connectivity index (χ0) is 18.4. The number of hydrogen-bond donors (Lipinski definition) is 1. The third-order valence-corrected chi connectivity index (χ3v) is 4.30. The van der Waals surface area contributed by atoms with Crippen molar-refractivity contribution < 1.29 is 9.53 Å². The van der Waals surface area contributed by atoms with Crippen molar-refractivity contribution in [3.63, 3.8) is 0 Å². The second-order valence-electron chi connectivity index (χ2n) is 6.81. The number of pyridine rings is 1. The van der Waals surface area contributed by atoms with Gasteiger partial charge in [-0.2, -0.15) is 0 Å². The first-order chi connectivity index (χ1) is 12.6. The van der Waals surface area contributed by atoms with Crippen LogP contribution in [0.25, 0.3) is 0 Å². The third kappa shape index (κ3) is 4.65. The predicted octanol–water partition coefficient (Wildman–Crippen LogP) is 3.47. The molecule has 0 aliphatic carbocycles. The van der Waals surface area contributed by atoms with Gasteiger partial charge in [0.2, 0.25) is 0 Å². The van der Waals surface area contributed by atoms with Gasteiger partial charge in [0.15, 0.2) is 0 Å². The molecule has 26 heavy (non-hydrogen) atoms. The molecule has 0 unspecified atom stereocenters. The molecule has 1 N–H and O–H groups in total. The van der Waals surface area contributed by atoms with Gasteiger partial charge in [-0.3, -0.25) is 4.98 Å². The minimum Gasteiger partial charge on any atom is -0.491 e. The number of ether oxygens (including phenoxy) is 1. The molecule has 1 aliphatic heterocycles. The molecule has 6 nitrogen and oxygen atoms in total. The number of para-hydroxylation sites is 2. The van der Waals surface area contributed by atoms with Gasteiger partial charge < -0.3 is 19.9 Å². The predicted molar refractivity (Wildman–Crippen MR) is 104 cm³/mol. The van der Waals surface area contributed by atoms with E-state index in [1.54, 1.807) is 12.4 Å². The van der Waals surface area contributed by atoms with Gasteiger partial charge in [0.25, 0.3) is 0 Å². The lowest BCUT2D eigenvalue weighted by Gasteiger charge is -2.36. The van der Waals surface area contributed by atoms with Crippen molar-refractivity contribution in [1.82, 2.24) is 9.88 Å². The van der Waals surface area contributed by atoms with Gasteiger partial charge in [-0.15, -0.1) is 0 Å². The smallest absolute Gasteiger partial charge is 0.322 e. The largest absolute Gasteiger partial charge is 0.491 e. The highest BCUT2D eigenvalue weighted by molar-refractivity contribution is 5.91. The average molecular weight is 354 g/mol. The van der Waals surface area contributed by atoms with Gasteiger partial charge in [0, 0.05) is 44.3 Å². The van der Waals surface area contributed by atoms with Crippen LogP contribution in [0.3, 0.4) is 0 Å². The lowest BCUT2D eigenvalue weighted by atomic mass is 10.2. The molecule has 0 atom stereocenters. The summed E-state index contributed by atoms with van der Waals surface area (Å²) in [5.74, 6) is 1.14. The Labute approximate surface area is 154 Å². The monoisotopic (exact) mass is 354 g/mol. The van der Waals surface area contributed by atoms with Crippen LogP contribution in [0.15, 0.2) is 48.8 Å². The number of urea groups is 1. The van der Waals surface area contributed by atoms with Crippen LogP contribution in [0.5, 0.6) is 5.75 Å². The number of nitrogens with one attached hydrogen (secondary N) is 1. The van der Waals surface area contributed by atoms with Crippen LogP contribution in [-0.4, -0.2) is 48.7 Å². The first-order valence-corrected chi connectivity index (χ1v) is 9.06. The molecule has 0 radical (unpaired) electrons. The van der Waals surface area contributed by atoms with Crippen molar-refractivity contribution in [1.29, 1.82) is 0 Å². The van der Waals surface area contributed by atoms with E-state index in [1.807, 2.05) is 41.3 Å². The number of benzene rings is 1. The molecular formula is C20H26N4O2. The van der Waals surface area contributed by atoms with Gasteiger partial charge >= 0.3 is 6.03 Å². The molecule has 1 aliphatic rings. The van der Waals surface area contributed by atoms with E-state index in [9.17, 15) is 4.79 Å². The number of rotatable bonds is 5. The van der Waals surface area contributed by atoms with Crippen LogP contribution in [0.1, 0.15) is 13.8 Å². The number of aromatic nitrogens is 1. The average Bonchev–Trinajstić information content (AvgIpc) is 2.68. The summed E-state index contributed by atoms with van der Waals surface area (Å²) < 4.78 is 5.81. The summed E-state index contributed by atoms with van der Waals surface area (Å²) >= 11 is 0. The molecule has 1 aromatic carbocycles. The van der Waals surface area contributed by atoms with E-state index < -0.39 is 0 Å². The van der Waals surface area contributed by atoms with E-state index in [0.717, 1.165) is 24.5 Å². The summed E-state index contributed by atoms with van der Waals surface area (Å²) in [6.45, 7) is 7.81. The maximum absolute atomic E-state index is 12.6. The SMILES string of the molecule is CC(C)COc1ccccc1NC(=O)N1CCN(c2ccncc2)CC1. The number of piperazine rings is 1. The number of anilines is 2. The molecule has 2 aromatic rings. The Morgan fingerprint density at radius 3 is 2.50 bits per heavy atom. The van der Waals surface area contributed by atoms with Crippen LogP contribution in [0.4, 0.5) is 16.2 Å². The molecule has 0 bridgehead atoms. The van der Waals surface area contributed by atoms with Crippen LogP contribution in [0.2, 0.25) is 0 Å². The zero-order valence-electron chi connectivity index (χ0n) is 15.4. The van der Waals surface area contributed by atoms with E-state index in [1.165, 1.54) is 0 Å². The highest BCUT2D eigenvalue weighted by Crippen LogP contribution is 2.25. The van der Waals surface area contributed by atoms with Crippen molar-refractivity contribution >= 4 is 17.4 Å². The molecule has 2 amide bonds. The summed E-state index contributed by atoms with van der Waals surface area (Å²) in [4.78, 5) is 20.8. The Bertz CT molecular complexity index is 713. The number of hydrogen-bond acceptors (Lipinski definition) is 4. The molecule has 0 spiro atoms. The Kier molecular flexibility index (Phi) is 5.94. The van der Waals surface area contributed by atoms with E-state index in [4.69, 9.17) is 4.74 Å². The highest BCUT2D eigenvalue weighted by atomic mass is 16.5. The summed E-state index contributed by atoms with van der Waals surface area (Å²) in [6.07, 6.45) is 3.59. The number of carbonyl (C=O) groups is 1. The maximum Gasteiger partial charge on any atom is 0.322 e. The van der Waals surface area contributed by atoms with Crippen LogP contribution >= 0.6 is 0 Å². The maximum atomic E-state index is 12.6. The molecular weight excluding hydrogens is 328 g/mol. The van der Waals surface area contributed by atoms with E-state index in [2.05, 4.69) is 29.0 Å². The van der Waals surface area contributed by atoms with E-state index in [-0.39, 0.29) is 6.03 Å². The van der Waals surface area contributed by atoms with Crippen molar-refractivity contribution in [3.05, 3.63) is 48.8 Å². The first kappa shape index (κ1) is 18.0. The van der Waals surface area contributed by atoms with Crippen molar-refractivity contribution in [2.45, 2.75) is 13.8 Å². The van der Waals surface area contributed by atoms with E-state index >= 15 is 0 Å². The van der Waals surface area contributed by atoms with Gasteiger partial charge in [-0.05, 0) is 30.2 Å². The minimum atomic E-state index is -0.0834. The molecule has 3 rings (SSSR count). The van der Waals surface area contributed by atoms with Crippen LogP contribution in [0, 0.1) is 5.92 Å². The Hall–Kier alpha value is -2.76. The molecule has 1 saturated heterocycles. The quantitative estimate of drug-likeness (QED) is 0.893. The number of nitrogens with zero attached hydrogens (tertiary/aromatic N) is 3. The molecule has 0 saturated carbocycles. The molecule has 2 heterocycles. The fraction of sp³-hybridized carbons (Fsp3) is 0.400. The van der Waals surface area contributed by atoms with Gasteiger partial charge in [-0.25, -0.2) is 4.79 Å².